The molecule has 2 rings (SSSR count). The smallest absolute Gasteiger partial charge is 0.439 e. The van der Waals surface area contributed by atoms with Gasteiger partial charge < -0.3 is 15.2 Å². The van der Waals surface area contributed by atoms with E-state index < -0.39 is 24.2 Å². The van der Waals surface area contributed by atoms with E-state index >= 15 is 0 Å². The van der Waals surface area contributed by atoms with E-state index in [2.05, 4.69) is 4.74 Å². The quantitative estimate of drug-likeness (QED) is 0.617. The lowest BCUT2D eigenvalue weighted by Gasteiger charge is -2.27. The molecular weight excluding hydrogens is 251 g/mol. The molecule has 0 aromatic heterocycles. The summed E-state index contributed by atoms with van der Waals surface area (Å²) in [6, 6.07) is 4.06. The molecule has 18 heavy (non-hydrogen) atoms. The van der Waals surface area contributed by atoms with Gasteiger partial charge in [0.15, 0.2) is 0 Å². The standard InChI is InChI=1S/C11H10F3NO3/c1-17-9(16)10(11(12,13)14)5-6-4-7(15)2-3-8(6)18-10/h2-4H,5,15H2,1H3. The molecular formula is C11H10F3NO3. The van der Waals surface area contributed by atoms with Crippen molar-refractivity contribution in [3.63, 3.8) is 0 Å². The Balaban J connectivity index is 2.47. The SMILES string of the molecule is COC(=O)C1(C(F)(F)F)Cc2cc(N)ccc2O1. The fourth-order valence-electron chi connectivity index (χ4n) is 1.88. The highest BCUT2D eigenvalue weighted by atomic mass is 19.4. The monoisotopic (exact) mass is 261 g/mol. The van der Waals surface area contributed by atoms with Crippen molar-refractivity contribution in [1.29, 1.82) is 0 Å². The molecule has 1 aliphatic heterocycles. The highest BCUT2D eigenvalue weighted by Crippen LogP contribution is 2.45. The van der Waals surface area contributed by atoms with Crippen molar-refractivity contribution in [2.24, 2.45) is 0 Å². The van der Waals surface area contributed by atoms with Gasteiger partial charge in [0.05, 0.1) is 7.11 Å². The fourth-order valence-corrected chi connectivity index (χ4v) is 1.88. The predicted molar refractivity (Wildman–Crippen MR) is 56.0 cm³/mol. The number of hydrogen-bond donors (Lipinski definition) is 1. The third-order valence-corrected chi connectivity index (χ3v) is 2.78. The molecule has 1 aromatic carbocycles. The Labute approximate surface area is 100 Å². The van der Waals surface area contributed by atoms with Gasteiger partial charge in [-0.1, -0.05) is 0 Å². The number of alkyl halides is 3. The maximum Gasteiger partial charge on any atom is 0.439 e. The number of rotatable bonds is 1. The molecule has 7 heteroatoms. The first-order valence-corrected chi connectivity index (χ1v) is 5.03. The molecule has 0 fully saturated rings. The van der Waals surface area contributed by atoms with E-state index in [0.29, 0.717) is 5.69 Å². The molecule has 1 heterocycles. The number of carbonyl (C=O) groups excluding carboxylic acids is 1. The van der Waals surface area contributed by atoms with Gasteiger partial charge in [0, 0.05) is 17.7 Å². The van der Waals surface area contributed by atoms with Gasteiger partial charge in [-0.2, -0.15) is 13.2 Å². The Hall–Kier alpha value is -1.92. The Morgan fingerprint density at radius 3 is 2.72 bits per heavy atom. The minimum Gasteiger partial charge on any atom is -0.466 e. The zero-order valence-electron chi connectivity index (χ0n) is 9.38. The molecule has 0 aliphatic carbocycles. The molecule has 4 nitrogen and oxygen atoms in total. The van der Waals surface area contributed by atoms with Crippen LogP contribution >= 0.6 is 0 Å². The summed E-state index contributed by atoms with van der Waals surface area (Å²) in [4.78, 5) is 11.4. The van der Waals surface area contributed by atoms with Crippen LogP contribution in [0.1, 0.15) is 5.56 Å². The number of benzene rings is 1. The van der Waals surface area contributed by atoms with E-state index in [0.717, 1.165) is 7.11 Å². The molecule has 1 aliphatic rings. The molecule has 0 bridgehead atoms. The van der Waals surface area contributed by atoms with Crippen LogP contribution in [-0.4, -0.2) is 24.9 Å². The minimum atomic E-state index is -4.87. The van der Waals surface area contributed by atoms with Crippen molar-refractivity contribution in [1.82, 2.24) is 0 Å². The van der Waals surface area contributed by atoms with Crippen LogP contribution in [-0.2, 0) is 16.0 Å². The number of nitrogens with two attached hydrogens (primary N) is 1. The Bertz CT molecular complexity index is 501. The Morgan fingerprint density at radius 1 is 1.50 bits per heavy atom. The number of hydrogen-bond acceptors (Lipinski definition) is 4. The van der Waals surface area contributed by atoms with Crippen LogP contribution in [0.2, 0.25) is 0 Å². The maximum absolute atomic E-state index is 13.1. The number of halogens is 3. The summed E-state index contributed by atoms with van der Waals surface area (Å²) >= 11 is 0. The van der Waals surface area contributed by atoms with Crippen LogP contribution in [0, 0.1) is 0 Å². The first kappa shape index (κ1) is 12.5. The van der Waals surface area contributed by atoms with Gasteiger partial charge in [-0.25, -0.2) is 4.79 Å². The summed E-state index contributed by atoms with van der Waals surface area (Å²) in [6.07, 6.45) is -5.50. The van der Waals surface area contributed by atoms with Crippen molar-refractivity contribution in [2.45, 2.75) is 18.2 Å². The van der Waals surface area contributed by atoms with E-state index in [4.69, 9.17) is 10.5 Å². The lowest BCUT2D eigenvalue weighted by atomic mass is 9.96. The summed E-state index contributed by atoms with van der Waals surface area (Å²) in [5.74, 6) is -1.48. The highest BCUT2D eigenvalue weighted by Gasteiger charge is 2.66. The van der Waals surface area contributed by atoms with E-state index in [1.165, 1.54) is 18.2 Å². The van der Waals surface area contributed by atoms with Crippen molar-refractivity contribution in [3.05, 3.63) is 23.8 Å². The molecule has 0 saturated carbocycles. The number of esters is 1. The van der Waals surface area contributed by atoms with Crippen LogP contribution in [0.15, 0.2) is 18.2 Å². The second-order valence-electron chi connectivity index (χ2n) is 3.96. The summed E-state index contributed by atoms with van der Waals surface area (Å²) in [5, 5.41) is 0. The van der Waals surface area contributed by atoms with E-state index in [1.54, 1.807) is 0 Å². The second-order valence-corrected chi connectivity index (χ2v) is 3.96. The van der Waals surface area contributed by atoms with Gasteiger partial charge in [0.2, 0.25) is 0 Å². The summed E-state index contributed by atoms with van der Waals surface area (Å²) in [7, 11) is 0.885. The molecule has 98 valence electrons. The van der Waals surface area contributed by atoms with Crippen LogP contribution < -0.4 is 10.5 Å². The van der Waals surface area contributed by atoms with Crippen molar-refractivity contribution in [2.75, 3.05) is 12.8 Å². The Morgan fingerprint density at radius 2 is 2.17 bits per heavy atom. The van der Waals surface area contributed by atoms with E-state index in [9.17, 15) is 18.0 Å². The maximum atomic E-state index is 13.1. The molecule has 0 saturated heterocycles. The number of fused-ring (bicyclic) bond motifs is 1. The largest absolute Gasteiger partial charge is 0.466 e. The van der Waals surface area contributed by atoms with Gasteiger partial charge in [-0.3, -0.25) is 0 Å². The van der Waals surface area contributed by atoms with Crippen molar-refractivity contribution >= 4 is 11.7 Å². The van der Waals surface area contributed by atoms with Gasteiger partial charge in [0.25, 0.3) is 0 Å². The number of ether oxygens (including phenoxy) is 2. The molecule has 2 N–H and O–H groups in total. The number of carbonyl (C=O) groups is 1. The fraction of sp³-hybridized carbons (Fsp3) is 0.364. The molecule has 0 radical (unpaired) electrons. The summed E-state index contributed by atoms with van der Waals surface area (Å²) in [5.41, 5.74) is 3.05. The average molecular weight is 261 g/mol. The summed E-state index contributed by atoms with van der Waals surface area (Å²) < 4.78 is 48.2. The molecule has 0 spiro atoms. The first-order valence-electron chi connectivity index (χ1n) is 5.03. The van der Waals surface area contributed by atoms with Gasteiger partial charge >= 0.3 is 17.7 Å². The van der Waals surface area contributed by atoms with E-state index in [1.807, 2.05) is 0 Å². The number of nitrogen functional groups attached to an aromatic ring is 1. The molecule has 0 amide bonds. The number of anilines is 1. The van der Waals surface area contributed by atoms with Crippen LogP contribution in [0.25, 0.3) is 0 Å². The third-order valence-electron chi connectivity index (χ3n) is 2.78. The lowest BCUT2D eigenvalue weighted by Crippen LogP contribution is -2.56. The highest BCUT2D eigenvalue weighted by molar-refractivity contribution is 5.83. The van der Waals surface area contributed by atoms with Crippen molar-refractivity contribution in [3.8, 4) is 5.75 Å². The van der Waals surface area contributed by atoms with Crippen molar-refractivity contribution < 1.29 is 27.4 Å². The number of methoxy groups -OCH3 is 1. The summed E-state index contributed by atoms with van der Waals surface area (Å²) in [6.45, 7) is 0. The van der Waals surface area contributed by atoms with Gasteiger partial charge in [-0.05, 0) is 18.2 Å². The average Bonchev–Trinajstić information content (AvgIpc) is 2.67. The van der Waals surface area contributed by atoms with Crippen LogP contribution in [0.3, 0.4) is 0 Å². The van der Waals surface area contributed by atoms with E-state index in [-0.39, 0.29) is 11.3 Å². The first-order chi connectivity index (χ1) is 8.30. The zero-order chi connectivity index (χ0) is 13.6. The molecule has 1 aromatic rings. The second kappa shape index (κ2) is 3.79. The third kappa shape index (κ3) is 1.66. The van der Waals surface area contributed by atoms with Gasteiger partial charge in [-0.15, -0.1) is 0 Å². The zero-order valence-corrected chi connectivity index (χ0v) is 9.38. The Kier molecular flexibility index (Phi) is 2.64. The molecule has 1 unspecified atom stereocenters. The molecule has 1 atom stereocenters. The topological polar surface area (TPSA) is 61.5 Å². The normalized spacial score (nSPS) is 22.2. The van der Waals surface area contributed by atoms with Crippen LogP contribution in [0.5, 0.6) is 5.75 Å². The van der Waals surface area contributed by atoms with Gasteiger partial charge in [0.1, 0.15) is 5.75 Å². The minimum absolute atomic E-state index is 0.00748. The lowest BCUT2D eigenvalue weighted by molar-refractivity contribution is -0.246. The van der Waals surface area contributed by atoms with Crippen LogP contribution in [0.4, 0.5) is 18.9 Å². The predicted octanol–water partition coefficient (Wildman–Crippen LogP) is 1.68.